The Labute approximate surface area is 104 Å². The van der Waals surface area contributed by atoms with E-state index in [4.69, 9.17) is 9.47 Å². The molecule has 0 saturated heterocycles. The zero-order valence-corrected chi connectivity index (χ0v) is 10.0. The van der Waals surface area contributed by atoms with Gasteiger partial charge in [-0.1, -0.05) is 0 Å². The van der Waals surface area contributed by atoms with Crippen molar-refractivity contribution in [1.29, 1.82) is 0 Å². The van der Waals surface area contributed by atoms with Gasteiger partial charge in [0.15, 0.2) is 11.5 Å². The minimum Gasteiger partial charge on any atom is -0.493 e. The standard InChI is InChI=1S/C12H15NO5/c1-17-12-7-8(13(15)16)5-6-11(12)18-10-4-2-3-9(10)14/h5-7,9-10,14H,2-4H2,1H3. The molecule has 0 amide bonds. The van der Waals surface area contributed by atoms with E-state index in [0.29, 0.717) is 11.5 Å². The molecule has 18 heavy (non-hydrogen) atoms. The molecular weight excluding hydrogens is 238 g/mol. The number of methoxy groups -OCH3 is 1. The SMILES string of the molecule is COc1cc([N+](=O)[O-])ccc1OC1CCCC1O. The van der Waals surface area contributed by atoms with Crippen LogP contribution in [0.5, 0.6) is 11.5 Å². The monoisotopic (exact) mass is 253 g/mol. The average molecular weight is 253 g/mol. The number of aliphatic hydroxyl groups excluding tert-OH is 1. The van der Waals surface area contributed by atoms with Crippen LogP contribution in [0.15, 0.2) is 18.2 Å². The average Bonchev–Trinajstić information content (AvgIpc) is 2.75. The minimum absolute atomic E-state index is 0.0498. The van der Waals surface area contributed by atoms with Crippen LogP contribution in [0.25, 0.3) is 0 Å². The molecule has 2 rings (SSSR count). The molecular formula is C12H15NO5. The van der Waals surface area contributed by atoms with Crippen LogP contribution < -0.4 is 9.47 Å². The van der Waals surface area contributed by atoms with E-state index in [1.54, 1.807) is 0 Å². The van der Waals surface area contributed by atoms with Gasteiger partial charge >= 0.3 is 0 Å². The van der Waals surface area contributed by atoms with E-state index in [1.165, 1.54) is 25.3 Å². The first-order valence-electron chi connectivity index (χ1n) is 5.79. The Morgan fingerprint density at radius 2 is 2.17 bits per heavy atom. The number of aliphatic hydroxyl groups is 1. The third kappa shape index (κ3) is 2.53. The summed E-state index contributed by atoms with van der Waals surface area (Å²) in [7, 11) is 1.43. The molecule has 0 aliphatic heterocycles. The molecule has 2 atom stereocenters. The topological polar surface area (TPSA) is 81.8 Å². The highest BCUT2D eigenvalue weighted by Gasteiger charge is 2.28. The molecule has 1 saturated carbocycles. The molecule has 6 nitrogen and oxygen atoms in total. The van der Waals surface area contributed by atoms with E-state index in [-0.39, 0.29) is 11.8 Å². The molecule has 0 radical (unpaired) electrons. The van der Waals surface area contributed by atoms with Crippen molar-refractivity contribution in [2.75, 3.05) is 7.11 Å². The Morgan fingerprint density at radius 1 is 1.39 bits per heavy atom. The number of ether oxygens (including phenoxy) is 2. The fraction of sp³-hybridized carbons (Fsp3) is 0.500. The molecule has 1 aliphatic carbocycles. The van der Waals surface area contributed by atoms with Crippen molar-refractivity contribution in [3.63, 3.8) is 0 Å². The number of hydrogen-bond donors (Lipinski definition) is 1. The first-order chi connectivity index (χ1) is 8.61. The molecule has 0 bridgehead atoms. The summed E-state index contributed by atoms with van der Waals surface area (Å²) in [6, 6.07) is 4.18. The molecule has 1 aromatic rings. The second-order valence-electron chi connectivity index (χ2n) is 4.25. The predicted molar refractivity (Wildman–Crippen MR) is 63.9 cm³/mol. The zero-order valence-electron chi connectivity index (χ0n) is 10.0. The molecule has 1 N–H and O–H groups in total. The van der Waals surface area contributed by atoms with Crippen LogP contribution in [-0.2, 0) is 0 Å². The van der Waals surface area contributed by atoms with Crippen LogP contribution in [0.1, 0.15) is 19.3 Å². The third-order valence-electron chi connectivity index (χ3n) is 3.05. The summed E-state index contributed by atoms with van der Waals surface area (Å²) in [5, 5.41) is 20.3. The van der Waals surface area contributed by atoms with Gasteiger partial charge in [-0.3, -0.25) is 10.1 Å². The van der Waals surface area contributed by atoms with Gasteiger partial charge in [0.05, 0.1) is 24.2 Å². The maximum Gasteiger partial charge on any atom is 0.273 e. The quantitative estimate of drug-likeness (QED) is 0.654. The van der Waals surface area contributed by atoms with Gasteiger partial charge in [-0.05, 0) is 25.3 Å². The van der Waals surface area contributed by atoms with Crippen molar-refractivity contribution >= 4 is 5.69 Å². The molecule has 2 unspecified atom stereocenters. The lowest BCUT2D eigenvalue weighted by Gasteiger charge is -2.18. The van der Waals surface area contributed by atoms with Crippen LogP contribution in [0.2, 0.25) is 0 Å². The van der Waals surface area contributed by atoms with E-state index in [1.807, 2.05) is 0 Å². The largest absolute Gasteiger partial charge is 0.493 e. The van der Waals surface area contributed by atoms with E-state index in [0.717, 1.165) is 19.3 Å². The maximum absolute atomic E-state index is 10.6. The molecule has 98 valence electrons. The lowest BCUT2D eigenvalue weighted by atomic mass is 10.2. The second-order valence-corrected chi connectivity index (χ2v) is 4.25. The van der Waals surface area contributed by atoms with Gasteiger partial charge in [-0.25, -0.2) is 0 Å². The summed E-state index contributed by atoms with van der Waals surface area (Å²) >= 11 is 0. The van der Waals surface area contributed by atoms with Crippen LogP contribution >= 0.6 is 0 Å². The first-order valence-corrected chi connectivity index (χ1v) is 5.79. The number of nitrogens with zero attached hydrogens (tertiary/aromatic N) is 1. The van der Waals surface area contributed by atoms with Gasteiger partial charge in [0, 0.05) is 6.07 Å². The summed E-state index contributed by atoms with van der Waals surface area (Å²) in [6.45, 7) is 0. The Kier molecular flexibility index (Phi) is 3.66. The van der Waals surface area contributed by atoms with Gasteiger partial charge < -0.3 is 14.6 Å². The molecule has 0 aromatic heterocycles. The summed E-state index contributed by atoms with van der Waals surface area (Å²) in [4.78, 5) is 10.2. The summed E-state index contributed by atoms with van der Waals surface area (Å²) in [5.74, 6) is 0.734. The van der Waals surface area contributed by atoms with Gasteiger partial charge in [0.1, 0.15) is 6.10 Å². The summed E-state index contributed by atoms with van der Waals surface area (Å²) in [5.41, 5.74) is -0.0498. The molecule has 1 fully saturated rings. The van der Waals surface area contributed by atoms with Crippen LogP contribution in [0, 0.1) is 10.1 Å². The van der Waals surface area contributed by atoms with Crippen molar-refractivity contribution in [3.05, 3.63) is 28.3 Å². The van der Waals surface area contributed by atoms with Crippen molar-refractivity contribution in [2.24, 2.45) is 0 Å². The van der Waals surface area contributed by atoms with Gasteiger partial charge in [-0.15, -0.1) is 0 Å². The number of hydrogen-bond acceptors (Lipinski definition) is 5. The summed E-state index contributed by atoms with van der Waals surface area (Å²) in [6.07, 6.45) is 1.67. The highest BCUT2D eigenvalue weighted by Crippen LogP contribution is 2.34. The number of non-ortho nitro benzene ring substituents is 1. The molecule has 0 spiro atoms. The number of nitro groups is 1. The lowest BCUT2D eigenvalue weighted by molar-refractivity contribution is -0.385. The zero-order chi connectivity index (χ0) is 13.1. The number of rotatable bonds is 4. The lowest BCUT2D eigenvalue weighted by Crippen LogP contribution is -2.25. The van der Waals surface area contributed by atoms with Gasteiger partial charge in [0.2, 0.25) is 0 Å². The van der Waals surface area contributed by atoms with Crippen LogP contribution in [0.3, 0.4) is 0 Å². The normalized spacial score (nSPS) is 22.8. The fourth-order valence-corrected chi connectivity index (χ4v) is 2.07. The predicted octanol–water partition coefficient (Wildman–Crippen LogP) is 1.90. The highest BCUT2D eigenvalue weighted by molar-refractivity contribution is 5.48. The van der Waals surface area contributed by atoms with Crippen molar-refractivity contribution in [3.8, 4) is 11.5 Å². The molecule has 1 aromatic carbocycles. The summed E-state index contributed by atoms with van der Waals surface area (Å²) < 4.78 is 10.7. The first kappa shape index (κ1) is 12.6. The Morgan fingerprint density at radius 3 is 2.72 bits per heavy atom. The van der Waals surface area contributed by atoms with Gasteiger partial charge in [-0.2, -0.15) is 0 Å². The number of benzene rings is 1. The Hall–Kier alpha value is -1.82. The van der Waals surface area contributed by atoms with Gasteiger partial charge in [0.25, 0.3) is 5.69 Å². The Balaban J connectivity index is 2.19. The molecule has 1 aliphatic rings. The van der Waals surface area contributed by atoms with Crippen molar-refractivity contribution in [2.45, 2.75) is 31.5 Å². The molecule has 0 heterocycles. The van der Waals surface area contributed by atoms with Crippen molar-refractivity contribution < 1.29 is 19.5 Å². The third-order valence-corrected chi connectivity index (χ3v) is 3.05. The molecule has 6 heteroatoms. The van der Waals surface area contributed by atoms with E-state index < -0.39 is 11.0 Å². The fourth-order valence-electron chi connectivity index (χ4n) is 2.07. The van der Waals surface area contributed by atoms with Crippen LogP contribution in [0.4, 0.5) is 5.69 Å². The smallest absolute Gasteiger partial charge is 0.273 e. The Bertz CT molecular complexity index is 448. The maximum atomic E-state index is 10.6. The number of nitro benzene ring substituents is 1. The minimum atomic E-state index is -0.489. The van der Waals surface area contributed by atoms with E-state index in [9.17, 15) is 15.2 Å². The van der Waals surface area contributed by atoms with E-state index in [2.05, 4.69) is 0 Å². The van der Waals surface area contributed by atoms with Crippen LogP contribution in [-0.4, -0.2) is 29.3 Å². The van der Waals surface area contributed by atoms with E-state index >= 15 is 0 Å². The highest BCUT2D eigenvalue weighted by atomic mass is 16.6. The van der Waals surface area contributed by atoms with Crippen molar-refractivity contribution in [1.82, 2.24) is 0 Å². The second kappa shape index (κ2) is 5.22.